The number of anilines is 1. The highest BCUT2D eigenvalue weighted by Gasteiger charge is 2.09. The van der Waals surface area contributed by atoms with Crippen molar-refractivity contribution in [2.45, 2.75) is 0 Å². The van der Waals surface area contributed by atoms with Crippen LogP contribution in [0.5, 0.6) is 0 Å². The molecule has 0 aliphatic carbocycles. The van der Waals surface area contributed by atoms with Crippen molar-refractivity contribution in [2.75, 3.05) is 5.32 Å². The second-order valence-corrected chi connectivity index (χ2v) is 5.06. The van der Waals surface area contributed by atoms with Gasteiger partial charge in [0.1, 0.15) is 11.6 Å². The van der Waals surface area contributed by atoms with Crippen LogP contribution in [0, 0.1) is 11.3 Å². The lowest BCUT2D eigenvalue weighted by Gasteiger charge is -2.03. The van der Waals surface area contributed by atoms with E-state index in [4.69, 9.17) is 16.9 Å². The molecule has 0 aliphatic heterocycles. The molecule has 19 heavy (non-hydrogen) atoms. The summed E-state index contributed by atoms with van der Waals surface area (Å²) in [6.45, 7) is 0. The number of benzene rings is 1. The van der Waals surface area contributed by atoms with E-state index in [9.17, 15) is 4.79 Å². The van der Waals surface area contributed by atoms with E-state index in [-0.39, 0.29) is 5.57 Å². The van der Waals surface area contributed by atoms with Gasteiger partial charge in [-0.25, -0.2) is 0 Å². The topological polar surface area (TPSA) is 52.9 Å². The lowest BCUT2D eigenvalue weighted by atomic mass is 10.2. The van der Waals surface area contributed by atoms with Crippen LogP contribution >= 0.6 is 22.9 Å². The number of thiophene rings is 1. The highest BCUT2D eigenvalue weighted by molar-refractivity contribution is 7.10. The summed E-state index contributed by atoms with van der Waals surface area (Å²) in [5.74, 6) is -0.432. The minimum atomic E-state index is -0.432. The predicted octanol–water partition coefficient (Wildman–Crippen LogP) is 3.95. The standard InChI is InChI=1S/C14H9ClN2OS/c15-11-3-5-12(6-4-11)17-14(18)10(9-16)8-13-2-1-7-19-13/h1-8H,(H,17,18)/b10-8+. The van der Waals surface area contributed by atoms with Gasteiger partial charge in [-0.2, -0.15) is 5.26 Å². The van der Waals surface area contributed by atoms with Gasteiger partial charge in [-0.05, 0) is 41.8 Å². The Bertz CT molecular complexity index is 639. The van der Waals surface area contributed by atoms with Crippen LogP contribution in [0.2, 0.25) is 5.02 Å². The quantitative estimate of drug-likeness (QED) is 0.687. The zero-order valence-corrected chi connectivity index (χ0v) is 11.3. The van der Waals surface area contributed by atoms with Crippen LogP contribution in [0.3, 0.4) is 0 Å². The van der Waals surface area contributed by atoms with Gasteiger partial charge in [-0.3, -0.25) is 4.79 Å². The second kappa shape index (κ2) is 6.19. The summed E-state index contributed by atoms with van der Waals surface area (Å²) in [6.07, 6.45) is 1.57. The summed E-state index contributed by atoms with van der Waals surface area (Å²) in [6, 6.07) is 12.3. The minimum absolute atomic E-state index is 0.0670. The van der Waals surface area contributed by atoms with E-state index in [0.717, 1.165) is 4.88 Å². The van der Waals surface area contributed by atoms with Crippen LogP contribution in [0.4, 0.5) is 5.69 Å². The monoisotopic (exact) mass is 288 g/mol. The van der Waals surface area contributed by atoms with Gasteiger partial charge in [-0.1, -0.05) is 17.7 Å². The SMILES string of the molecule is N#C/C(=C\c1cccs1)C(=O)Nc1ccc(Cl)cc1. The van der Waals surface area contributed by atoms with Crippen molar-refractivity contribution in [1.29, 1.82) is 5.26 Å². The molecule has 0 spiro atoms. The Morgan fingerprint density at radius 3 is 2.63 bits per heavy atom. The number of halogens is 1. The number of amides is 1. The van der Waals surface area contributed by atoms with E-state index < -0.39 is 5.91 Å². The lowest BCUT2D eigenvalue weighted by Crippen LogP contribution is -2.13. The first-order valence-electron chi connectivity index (χ1n) is 5.41. The molecule has 0 radical (unpaired) electrons. The van der Waals surface area contributed by atoms with Crippen LogP contribution in [0.15, 0.2) is 47.4 Å². The Kier molecular flexibility index (Phi) is 4.35. The summed E-state index contributed by atoms with van der Waals surface area (Å²) < 4.78 is 0. The number of carbonyl (C=O) groups excluding carboxylic acids is 1. The minimum Gasteiger partial charge on any atom is -0.321 e. The first-order valence-corrected chi connectivity index (χ1v) is 6.67. The normalized spacial score (nSPS) is 10.8. The first-order chi connectivity index (χ1) is 9.19. The Morgan fingerprint density at radius 2 is 2.05 bits per heavy atom. The molecule has 0 fully saturated rings. The fraction of sp³-hybridized carbons (Fsp3) is 0. The van der Waals surface area contributed by atoms with Crippen molar-refractivity contribution < 1.29 is 4.79 Å². The van der Waals surface area contributed by atoms with E-state index >= 15 is 0 Å². The molecule has 0 aliphatic rings. The van der Waals surface area contributed by atoms with Gasteiger partial charge in [0.05, 0.1) is 0 Å². The van der Waals surface area contributed by atoms with E-state index in [1.54, 1.807) is 30.3 Å². The largest absolute Gasteiger partial charge is 0.321 e. The lowest BCUT2D eigenvalue weighted by molar-refractivity contribution is -0.112. The molecule has 1 N–H and O–H groups in total. The van der Waals surface area contributed by atoms with Gasteiger partial charge < -0.3 is 5.32 Å². The number of nitriles is 1. The third-order valence-corrected chi connectivity index (χ3v) is 3.37. The van der Waals surface area contributed by atoms with Crippen LogP contribution in [-0.4, -0.2) is 5.91 Å². The Balaban J connectivity index is 2.14. The molecule has 2 aromatic rings. The summed E-state index contributed by atoms with van der Waals surface area (Å²) in [5.41, 5.74) is 0.666. The van der Waals surface area contributed by atoms with Crippen LogP contribution in [0.25, 0.3) is 6.08 Å². The predicted molar refractivity (Wildman–Crippen MR) is 78.0 cm³/mol. The fourth-order valence-corrected chi connectivity index (χ4v) is 2.18. The molecule has 0 saturated carbocycles. The maximum absolute atomic E-state index is 11.9. The molecular weight excluding hydrogens is 280 g/mol. The van der Waals surface area contributed by atoms with Crippen molar-refractivity contribution in [3.63, 3.8) is 0 Å². The molecule has 1 aromatic carbocycles. The Labute approximate surface area is 119 Å². The molecule has 0 bridgehead atoms. The summed E-state index contributed by atoms with van der Waals surface area (Å²) in [5, 5.41) is 14.1. The summed E-state index contributed by atoms with van der Waals surface area (Å²) >= 11 is 7.23. The average molecular weight is 289 g/mol. The van der Waals surface area contributed by atoms with Crippen molar-refractivity contribution in [1.82, 2.24) is 0 Å². The smallest absolute Gasteiger partial charge is 0.266 e. The molecular formula is C14H9ClN2OS. The molecule has 0 unspecified atom stereocenters. The van der Waals surface area contributed by atoms with E-state index in [1.165, 1.54) is 11.3 Å². The zero-order valence-electron chi connectivity index (χ0n) is 9.76. The third kappa shape index (κ3) is 3.68. The van der Waals surface area contributed by atoms with E-state index in [2.05, 4.69) is 5.32 Å². The molecule has 1 aromatic heterocycles. The number of hydrogen-bond acceptors (Lipinski definition) is 3. The van der Waals surface area contributed by atoms with Crippen LogP contribution in [-0.2, 0) is 4.79 Å². The first kappa shape index (κ1) is 13.3. The molecule has 0 atom stereocenters. The molecule has 1 amide bonds. The summed E-state index contributed by atoms with van der Waals surface area (Å²) in [7, 11) is 0. The van der Waals surface area contributed by atoms with Gasteiger partial charge in [0.25, 0.3) is 5.91 Å². The molecule has 0 saturated heterocycles. The van der Waals surface area contributed by atoms with E-state index in [1.807, 2.05) is 23.6 Å². The van der Waals surface area contributed by atoms with Crippen LogP contribution in [0.1, 0.15) is 4.88 Å². The van der Waals surface area contributed by atoms with Gasteiger partial charge >= 0.3 is 0 Å². The molecule has 5 heteroatoms. The molecule has 3 nitrogen and oxygen atoms in total. The maximum Gasteiger partial charge on any atom is 0.266 e. The number of carbonyl (C=O) groups is 1. The molecule has 1 heterocycles. The number of hydrogen-bond donors (Lipinski definition) is 1. The highest BCUT2D eigenvalue weighted by atomic mass is 35.5. The second-order valence-electron chi connectivity index (χ2n) is 3.65. The van der Waals surface area contributed by atoms with Gasteiger partial charge in [0.2, 0.25) is 0 Å². The van der Waals surface area contributed by atoms with Crippen LogP contribution < -0.4 is 5.32 Å². The third-order valence-electron chi connectivity index (χ3n) is 2.30. The number of nitrogens with one attached hydrogen (secondary N) is 1. The van der Waals surface area contributed by atoms with Gasteiger partial charge in [-0.15, -0.1) is 11.3 Å². The van der Waals surface area contributed by atoms with E-state index in [0.29, 0.717) is 10.7 Å². The maximum atomic E-state index is 11.9. The van der Waals surface area contributed by atoms with Crippen molar-refractivity contribution in [2.24, 2.45) is 0 Å². The number of rotatable bonds is 3. The van der Waals surface area contributed by atoms with Gasteiger partial charge in [0, 0.05) is 15.6 Å². The average Bonchev–Trinajstić information content (AvgIpc) is 2.91. The highest BCUT2D eigenvalue weighted by Crippen LogP contribution is 2.16. The zero-order chi connectivity index (χ0) is 13.7. The number of nitrogens with zero attached hydrogens (tertiary/aromatic N) is 1. The summed E-state index contributed by atoms with van der Waals surface area (Å²) in [4.78, 5) is 12.8. The fourth-order valence-electron chi connectivity index (χ4n) is 1.40. The van der Waals surface area contributed by atoms with Crippen molar-refractivity contribution in [3.05, 3.63) is 57.3 Å². The van der Waals surface area contributed by atoms with Crippen molar-refractivity contribution in [3.8, 4) is 6.07 Å². The van der Waals surface area contributed by atoms with Crippen molar-refractivity contribution >= 4 is 40.6 Å². The Morgan fingerprint density at radius 1 is 1.32 bits per heavy atom. The molecule has 2 rings (SSSR count). The Hall–Kier alpha value is -2.09. The molecule has 94 valence electrons. The van der Waals surface area contributed by atoms with Gasteiger partial charge in [0.15, 0.2) is 0 Å².